The van der Waals surface area contributed by atoms with Gasteiger partial charge in [-0.2, -0.15) is 105 Å². The van der Waals surface area contributed by atoms with Gasteiger partial charge in [-0.15, -0.1) is 0 Å². The predicted octanol–water partition coefficient (Wildman–Crippen LogP) is 6.75. The van der Waals surface area contributed by atoms with Gasteiger partial charge in [0.05, 0.1) is 0 Å². The summed E-state index contributed by atoms with van der Waals surface area (Å²) in [6.07, 6.45) is -16.5. The van der Waals surface area contributed by atoms with Crippen molar-refractivity contribution < 1.29 is 114 Å². The van der Waals surface area contributed by atoms with E-state index in [2.05, 4.69) is 0 Å². The zero-order valence-electron chi connectivity index (χ0n) is 15.9. The van der Waals surface area contributed by atoms with Crippen LogP contribution in [0.15, 0.2) is 0 Å². The first-order chi connectivity index (χ1) is 15.8. The summed E-state index contributed by atoms with van der Waals surface area (Å²) in [4.78, 5) is 0. The second-order valence-corrected chi connectivity index (χ2v) is 8.17. The van der Waals surface area contributed by atoms with E-state index < -0.39 is 74.9 Å². The molecule has 0 bridgehead atoms. The van der Waals surface area contributed by atoms with E-state index in [9.17, 15) is 109 Å². The van der Waals surface area contributed by atoms with E-state index in [1.165, 1.54) is 0 Å². The third-order valence-corrected chi connectivity index (χ3v) is 5.46. The Balaban J connectivity index is 7.64. The topological polar surface area (TPSA) is 54.4 Å². The van der Waals surface area contributed by atoms with Crippen molar-refractivity contribution in [2.24, 2.45) is 0 Å². The average molecular weight is 650 g/mol. The molecule has 38 heavy (non-hydrogen) atoms. The van der Waals surface area contributed by atoms with Gasteiger partial charge >= 0.3 is 74.9 Å². The van der Waals surface area contributed by atoms with Crippen LogP contribution in [0.2, 0.25) is 0 Å². The third-order valence-electron chi connectivity index (χ3n) is 4.24. The lowest BCUT2D eigenvalue weighted by Gasteiger charge is -2.45. The lowest BCUT2D eigenvalue weighted by atomic mass is 9.86. The van der Waals surface area contributed by atoms with Gasteiger partial charge in [0, 0.05) is 0 Å². The van der Waals surface area contributed by atoms with Gasteiger partial charge in [0.2, 0.25) is 0 Å². The third kappa shape index (κ3) is 4.02. The quantitative estimate of drug-likeness (QED) is 0.222. The molecule has 0 heterocycles. The summed E-state index contributed by atoms with van der Waals surface area (Å²) in [5.41, 5.74) is 0. The Morgan fingerprint density at radius 1 is 0.316 bits per heavy atom. The van der Waals surface area contributed by atoms with Crippen LogP contribution in [0.1, 0.15) is 0 Å². The molecule has 27 heteroatoms. The minimum absolute atomic E-state index is 7.97. The molecule has 0 radical (unpaired) electrons. The van der Waals surface area contributed by atoms with Gasteiger partial charge in [0.15, 0.2) is 0 Å². The largest absolute Gasteiger partial charge is 0.460 e. The molecule has 0 spiro atoms. The fourth-order valence-electron chi connectivity index (χ4n) is 2.07. The molecule has 0 saturated heterocycles. The van der Waals surface area contributed by atoms with E-state index in [-0.39, 0.29) is 0 Å². The first-order valence-electron chi connectivity index (χ1n) is 7.57. The summed E-state index contributed by atoms with van der Waals surface area (Å²) in [7, 11) is -9.01. The first kappa shape index (κ1) is 36.3. The van der Waals surface area contributed by atoms with Crippen molar-refractivity contribution in [2.75, 3.05) is 0 Å². The molecule has 1 atom stereocenters. The number of hydrogen-bond donors (Lipinski definition) is 1. The van der Waals surface area contributed by atoms with Gasteiger partial charge in [-0.1, -0.05) is 0 Å². The molecule has 230 valence electrons. The Hall–Kier alpha value is -1.70. The summed E-state index contributed by atoms with van der Waals surface area (Å²) in [6, 6.07) is 0. The van der Waals surface area contributed by atoms with Crippen molar-refractivity contribution in [3.8, 4) is 0 Å². The van der Waals surface area contributed by atoms with Crippen LogP contribution < -0.4 is 0 Å². The summed E-state index contributed by atoms with van der Waals surface area (Å²) in [5, 5.41) is -9.04. The summed E-state index contributed by atoms with van der Waals surface area (Å²) in [5.74, 6) is -74.3. The highest BCUT2D eigenvalue weighted by molar-refractivity contribution is 7.87. The standard InChI is InChI=1S/C11HF23O3S/c12-1(13,3(16,17)5(20,21)7(24,25)10(29,30)31)2(14,15)4(18,19)6(22,23)9(28,38(35,36)37)8(26,27)11(32,33)34/h(H,35,36,37). The van der Waals surface area contributed by atoms with Crippen LogP contribution in [0.25, 0.3) is 0 Å². The molecule has 0 aliphatic carbocycles. The van der Waals surface area contributed by atoms with Crippen molar-refractivity contribution in [3.05, 3.63) is 0 Å². The fraction of sp³-hybridized carbons (Fsp3) is 1.00. The van der Waals surface area contributed by atoms with Crippen LogP contribution in [-0.4, -0.2) is 77.7 Å². The number of hydrogen-bond acceptors (Lipinski definition) is 2. The maximum absolute atomic E-state index is 13.9. The van der Waals surface area contributed by atoms with Crippen LogP contribution in [0.4, 0.5) is 101 Å². The molecular formula is C11HF23O3S. The molecule has 0 aromatic carbocycles. The molecule has 0 saturated carbocycles. The van der Waals surface area contributed by atoms with Gasteiger partial charge in [0.1, 0.15) is 0 Å². The SMILES string of the molecule is O=S(=O)(O)C(F)(C(F)(F)C(F)(F)F)C(F)(F)C(F)(F)C(F)(F)C(F)(F)C(F)(F)C(F)(F)C(F)(F)C(F)(F)F. The first-order valence-corrected chi connectivity index (χ1v) is 9.01. The highest BCUT2D eigenvalue weighted by Crippen LogP contribution is 2.67. The van der Waals surface area contributed by atoms with Crippen molar-refractivity contribution in [3.63, 3.8) is 0 Å². The van der Waals surface area contributed by atoms with E-state index >= 15 is 0 Å². The fourth-order valence-corrected chi connectivity index (χ4v) is 2.96. The van der Waals surface area contributed by atoms with E-state index in [0.717, 1.165) is 0 Å². The molecule has 1 N–H and O–H groups in total. The molecule has 0 aliphatic heterocycles. The Bertz CT molecular complexity index is 1000. The monoisotopic (exact) mass is 650 g/mol. The molecule has 0 fully saturated rings. The molecule has 0 rings (SSSR count). The van der Waals surface area contributed by atoms with Crippen LogP contribution in [0, 0.1) is 0 Å². The van der Waals surface area contributed by atoms with Crippen molar-refractivity contribution in [2.45, 2.75) is 64.7 Å². The van der Waals surface area contributed by atoms with Crippen LogP contribution in [0.3, 0.4) is 0 Å². The predicted molar refractivity (Wildman–Crippen MR) is 67.1 cm³/mol. The summed E-state index contributed by atoms with van der Waals surface area (Å²) < 4.78 is 327. The van der Waals surface area contributed by atoms with Crippen LogP contribution in [0.5, 0.6) is 0 Å². The van der Waals surface area contributed by atoms with Gasteiger partial charge in [-0.3, -0.25) is 4.55 Å². The van der Waals surface area contributed by atoms with E-state index in [1.807, 2.05) is 0 Å². The molecule has 0 aromatic rings. The molecule has 0 amide bonds. The Kier molecular flexibility index (Phi) is 8.03. The van der Waals surface area contributed by atoms with Crippen molar-refractivity contribution in [1.82, 2.24) is 0 Å². The molecular weight excluding hydrogens is 649 g/mol. The smallest absolute Gasteiger partial charge is 0.283 e. The van der Waals surface area contributed by atoms with E-state index in [4.69, 9.17) is 4.55 Å². The van der Waals surface area contributed by atoms with E-state index in [0.29, 0.717) is 0 Å². The zero-order chi connectivity index (χ0) is 32.0. The maximum Gasteiger partial charge on any atom is 0.460 e. The lowest BCUT2D eigenvalue weighted by Crippen LogP contribution is -2.79. The molecule has 3 nitrogen and oxygen atoms in total. The highest BCUT2D eigenvalue weighted by atomic mass is 32.2. The van der Waals surface area contributed by atoms with Crippen LogP contribution >= 0.6 is 0 Å². The minimum atomic E-state index is -9.64. The average Bonchev–Trinajstić information content (AvgIpc) is 2.63. The van der Waals surface area contributed by atoms with Gasteiger partial charge in [-0.25, -0.2) is 4.39 Å². The number of alkyl halides is 23. The van der Waals surface area contributed by atoms with Crippen LogP contribution in [-0.2, 0) is 10.1 Å². The molecule has 0 aliphatic rings. The Labute approximate surface area is 190 Å². The highest BCUT2D eigenvalue weighted by Gasteiger charge is 3.00. The number of rotatable bonds is 9. The van der Waals surface area contributed by atoms with E-state index in [1.54, 1.807) is 0 Å². The number of halogens is 23. The maximum atomic E-state index is 13.9. The van der Waals surface area contributed by atoms with Gasteiger partial charge in [-0.05, 0) is 0 Å². The lowest BCUT2D eigenvalue weighted by molar-refractivity contribution is -0.468. The Morgan fingerprint density at radius 3 is 0.684 bits per heavy atom. The Morgan fingerprint density at radius 2 is 0.500 bits per heavy atom. The molecule has 1 unspecified atom stereocenters. The van der Waals surface area contributed by atoms with Gasteiger partial charge in [0.25, 0.3) is 0 Å². The minimum Gasteiger partial charge on any atom is -0.283 e. The van der Waals surface area contributed by atoms with Crippen molar-refractivity contribution >= 4 is 10.1 Å². The van der Waals surface area contributed by atoms with Gasteiger partial charge < -0.3 is 0 Å². The zero-order valence-corrected chi connectivity index (χ0v) is 16.7. The normalized spacial score (nSPS) is 18.4. The van der Waals surface area contributed by atoms with Crippen molar-refractivity contribution in [1.29, 1.82) is 0 Å². The second kappa shape index (κ2) is 8.40. The summed E-state index contributed by atoms with van der Waals surface area (Å²) >= 11 is 0. The second-order valence-electron chi connectivity index (χ2n) is 6.66. The summed E-state index contributed by atoms with van der Waals surface area (Å²) in [6.45, 7) is 0. The molecule has 0 aromatic heterocycles.